The van der Waals surface area contributed by atoms with Crippen LogP contribution in [0.4, 0.5) is 0 Å². The summed E-state index contributed by atoms with van der Waals surface area (Å²) in [4.78, 5) is 69.5. The molecule has 3 rings (SSSR count). The van der Waals surface area contributed by atoms with E-state index in [2.05, 4.69) is 21.3 Å². The molecular weight excluding hydrogens is 1120 g/mol. The summed E-state index contributed by atoms with van der Waals surface area (Å²) < 4.78 is 65.6. The fourth-order valence-corrected chi connectivity index (χ4v) is 8.68. The standard InChI is InChI=1S/C61H103N7O18/c1-49(2)46-54(67-58(71)55(48-51-14-8-5-9-15-51)66-56(69)52(62)47-50-12-6-4-7-13-50)57(70)65-53(59(72)68-21-17-61(63,18-22-68)60(73)74)16-10-11-19-64-20-23-76-26-27-78-30-31-80-34-35-82-38-39-84-42-43-86-45-44-85-41-40-83-37-36-81-33-32-79-29-28-77-25-24-75-3/h4-9,12-15,49,52-55,64H,10-11,16-48,62-63H2,1-3H3,(H,65,70)(H,66,69)(H,67,71)(H,73,74). The van der Waals surface area contributed by atoms with E-state index in [0.29, 0.717) is 184 Å². The third kappa shape index (κ3) is 36.5. The first-order chi connectivity index (χ1) is 41.8. The van der Waals surface area contributed by atoms with Gasteiger partial charge in [-0.2, -0.15) is 0 Å². The van der Waals surface area contributed by atoms with Crippen LogP contribution in [-0.4, -0.2) is 255 Å². The van der Waals surface area contributed by atoms with Crippen LogP contribution in [0.2, 0.25) is 0 Å². The molecule has 1 saturated heterocycles. The number of nitrogens with zero attached hydrogens (tertiary/aromatic N) is 1. The highest BCUT2D eigenvalue weighted by Crippen LogP contribution is 2.22. The number of benzene rings is 2. The van der Waals surface area contributed by atoms with Crippen LogP contribution in [0.5, 0.6) is 0 Å². The number of hydrogen-bond acceptors (Lipinski definition) is 20. The summed E-state index contributed by atoms with van der Waals surface area (Å²) in [6.07, 6.45) is 2.32. The summed E-state index contributed by atoms with van der Waals surface area (Å²) >= 11 is 0. The molecule has 25 heteroatoms. The molecule has 4 unspecified atom stereocenters. The average molecular weight is 1220 g/mol. The number of nitrogens with two attached hydrogens (primary N) is 2. The molecule has 1 aliphatic rings. The van der Waals surface area contributed by atoms with Crippen molar-refractivity contribution >= 4 is 29.6 Å². The van der Waals surface area contributed by atoms with Crippen LogP contribution < -0.4 is 32.7 Å². The van der Waals surface area contributed by atoms with Crippen molar-refractivity contribution < 1.29 is 85.9 Å². The van der Waals surface area contributed by atoms with Gasteiger partial charge in [0.15, 0.2) is 0 Å². The monoisotopic (exact) mass is 1220 g/mol. The van der Waals surface area contributed by atoms with Gasteiger partial charge in [0.1, 0.15) is 23.7 Å². The summed E-state index contributed by atoms with van der Waals surface area (Å²) in [7, 11) is 1.64. The molecule has 0 aromatic heterocycles. The van der Waals surface area contributed by atoms with E-state index in [1.807, 2.05) is 74.5 Å². The number of carboxylic acid groups (broad SMARTS) is 1. The molecule has 2 aromatic rings. The number of aliphatic carboxylic acids is 1. The molecule has 1 fully saturated rings. The summed E-state index contributed by atoms with van der Waals surface area (Å²) in [6.45, 7) is 16.3. The van der Waals surface area contributed by atoms with Crippen LogP contribution in [0.25, 0.3) is 0 Å². The maximum absolute atomic E-state index is 14.3. The lowest BCUT2D eigenvalue weighted by atomic mass is 9.88. The van der Waals surface area contributed by atoms with Gasteiger partial charge in [0.05, 0.1) is 158 Å². The van der Waals surface area contributed by atoms with Crippen LogP contribution in [0, 0.1) is 5.92 Å². The van der Waals surface area contributed by atoms with Gasteiger partial charge in [-0.3, -0.25) is 24.0 Å². The predicted octanol–water partition coefficient (Wildman–Crippen LogP) is 1.29. The van der Waals surface area contributed by atoms with Crippen LogP contribution in [0.3, 0.4) is 0 Å². The van der Waals surface area contributed by atoms with Gasteiger partial charge < -0.3 is 99.6 Å². The zero-order chi connectivity index (χ0) is 62.1. The van der Waals surface area contributed by atoms with Crippen molar-refractivity contribution in [3.63, 3.8) is 0 Å². The maximum Gasteiger partial charge on any atom is 0.323 e. The Kier molecular flexibility index (Phi) is 43.1. The summed E-state index contributed by atoms with van der Waals surface area (Å²) in [5, 5.41) is 21.7. The number of nitrogens with one attached hydrogen (secondary N) is 4. The van der Waals surface area contributed by atoms with Gasteiger partial charge in [0.25, 0.3) is 0 Å². The molecule has 1 heterocycles. The Bertz CT molecular complexity index is 2050. The minimum absolute atomic E-state index is 0.0385. The molecule has 2 aromatic carbocycles. The number of methoxy groups -OCH3 is 1. The number of carbonyl (C=O) groups excluding carboxylic acids is 4. The molecule has 9 N–H and O–H groups in total. The molecule has 25 nitrogen and oxygen atoms in total. The fourth-order valence-electron chi connectivity index (χ4n) is 8.68. The largest absolute Gasteiger partial charge is 0.480 e. The van der Waals surface area contributed by atoms with E-state index in [0.717, 1.165) is 11.1 Å². The molecule has 86 heavy (non-hydrogen) atoms. The van der Waals surface area contributed by atoms with Crippen molar-refractivity contribution in [2.75, 3.05) is 185 Å². The molecular formula is C61H103N7O18. The molecule has 0 radical (unpaired) electrons. The lowest BCUT2D eigenvalue weighted by molar-refractivity contribution is -0.148. The third-order valence-electron chi connectivity index (χ3n) is 13.6. The minimum Gasteiger partial charge on any atom is -0.480 e. The van der Waals surface area contributed by atoms with Crippen molar-refractivity contribution in [2.45, 2.75) is 94.9 Å². The van der Waals surface area contributed by atoms with Gasteiger partial charge in [-0.25, -0.2) is 0 Å². The highest BCUT2D eigenvalue weighted by Gasteiger charge is 2.40. The summed E-state index contributed by atoms with van der Waals surface area (Å²) in [5.74, 6) is -3.15. The number of amides is 4. The van der Waals surface area contributed by atoms with Gasteiger partial charge in [-0.15, -0.1) is 0 Å². The number of rotatable bonds is 55. The van der Waals surface area contributed by atoms with Crippen molar-refractivity contribution in [1.82, 2.24) is 26.2 Å². The zero-order valence-electron chi connectivity index (χ0n) is 51.4. The van der Waals surface area contributed by atoms with E-state index in [1.54, 1.807) is 12.0 Å². The normalized spacial score (nSPS) is 14.6. The predicted molar refractivity (Wildman–Crippen MR) is 321 cm³/mol. The fraction of sp³-hybridized carbons (Fsp3) is 0.721. The molecule has 0 spiro atoms. The lowest BCUT2D eigenvalue weighted by Gasteiger charge is -2.38. The first kappa shape index (κ1) is 75.4. The Balaban J connectivity index is 1.24. The SMILES string of the molecule is COCCOCCOCCOCCOCCOCCOCCOCCOCCOCCOCCOCCNCCCCC(NC(=O)C(CC(C)C)NC(=O)C(Cc1ccccc1)NC(=O)C(N)Cc1ccccc1)C(=O)N1CCC(N)(C(=O)O)CC1. The first-order valence-electron chi connectivity index (χ1n) is 30.4. The van der Waals surface area contributed by atoms with E-state index >= 15 is 0 Å². The highest BCUT2D eigenvalue weighted by atomic mass is 16.6. The molecule has 0 aliphatic carbocycles. The van der Waals surface area contributed by atoms with Crippen LogP contribution in [-0.2, 0) is 93.7 Å². The third-order valence-corrected chi connectivity index (χ3v) is 13.6. The van der Waals surface area contributed by atoms with E-state index < -0.39 is 53.4 Å². The van der Waals surface area contributed by atoms with Crippen LogP contribution in [0.1, 0.15) is 63.5 Å². The van der Waals surface area contributed by atoms with Crippen molar-refractivity contribution in [3.8, 4) is 0 Å². The van der Waals surface area contributed by atoms with Crippen LogP contribution >= 0.6 is 0 Å². The molecule has 490 valence electrons. The van der Waals surface area contributed by atoms with E-state index in [1.165, 1.54) is 0 Å². The van der Waals surface area contributed by atoms with E-state index in [9.17, 15) is 29.1 Å². The van der Waals surface area contributed by atoms with Crippen molar-refractivity contribution in [2.24, 2.45) is 17.4 Å². The number of piperidine rings is 1. The van der Waals surface area contributed by atoms with Crippen LogP contribution in [0.15, 0.2) is 60.7 Å². The zero-order valence-corrected chi connectivity index (χ0v) is 51.4. The number of carbonyl (C=O) groups is 5. The Morgan fingerprint density at radius 3 is 1.28 bits per heavy atom. The lowest BCUT2D eigenvalue weighted by Crippen LogP contribution is -2.60. The molecule has 0 saturated carbocycles. The summed E-state index contributed by atoms with van der Waals surface area (Å²) in [6, 6.07) is 14.6. The maximum atomic E-state index is 14.3. The summed E-state index contributed by atoms with van der Waals surface area (Å²) in [5.41, 5.74) is 12.7. The quantitative estimate of drug-likeness (QED) is 0.0459. The van der Waals surface area contributed by atoms with Crippen molar-refractivity contribution in [1.29, 1.82) is 0 Å². The van der Waals surface area contributed by atoms with E-state index in [4.69, 9.17) is 68.3 Å². The Labute approximate surface area is 509 Å². The first-order valence-corrected chi connectivity index (χ1v) is 30.4. The second-order valence-corrected chi connectivity index (χ2v) is 21.1. The number of ether oxygens (including phenoxy) is 12. The smallest absolute Gasteiger partial charge is 0.323 e. The number of unbranched alkanes of at least 4 members (excludes halogenated alkanes) is 1. The number of carboxylic acids is 1. The number of likely N-dealkylation sites (tertiary alicyclic amines) is 1. The molecule has 4 atom stereocenters. The van der Waals surface area contributed by atoms with Gasteiger partial charge in [0.2, 0.25) is 23.6 Å². The number of hydrogen-bond donors (Lipinski definition) is 7. The van der Waals surface area contributed by atoms with Gasteiger partial charge in [0, 0.05) is 33.2 Å². The molecule has 0 bridgehead atoms. The second-order valence-electron chi connectivity index (χ2n) is 21.1. The van der Waals surface area contributed by atoms with Gasteiger partial charge in [-0.1, -0.05) is 74.5 Å². The van der Waals surface area contributed by atoms with Crippen molar-refractivity contribution in [3.05, 3.63) is 71.8 Å². The Morgan fingerprint density at radius 2 is 0.872 bits per heavy atom. The second kappa shape index (κ2) is 49.1. The Morgan fingerprint density at radius 1 is 0.500 bits per heavy atom. The van der Waals surface area contributed by atoms with Gasteiger partial charge >= 0.3 is 5.97 Å². The minimum atomic E-state index is -1.45. The molecule has 4 amide bonds. The topological polar surface area (TPSA) is 320 Å². The highest BCUT2D eigenvalue weighted by molar-refractivity contribution is 5.95. The Hall–Kier alpha value is -4.81. The average Bonchev–Trinajstić information content (AvgIpc) is 3.59. The molecule has 1 aliphatic heterocycles. The van der Waals surface area contributed by atoms with E-state index in [-0.39, 0.29) is 57.0 Å². The van der Waals surface area contributed by atoms with Gasteiger partial charge in [-0.05, 0) is 68.5 Å².